The second-order valence-corrected chi connectivity index (χ2v) is 10.4. The molecular formula is C27H60N4O16. The topological polar surface area (TPSA) is 357 Å². The zero-order chi connectivity index (χ0) is 38.0. The zero-order valence-corrected chi connectivity index (χ0v) is 28.3. The van der Waals surface area contributed by atoms with Crippen LogP contribution in [0.25, 0.3) is 0 Å². The van der Waals surface area contributed by atoms with Gasteiger partial charge in [-0.1, -0.05) is 0 Å². The molecule has 0 amide bonds. The van der Waals surface area contributed by atoms with Gasteiger partial charge in [0.25, 0.3) is 0 Å². The number of carbonyl (C=O) groups is 3. The lowest BCUT2D eigenvalue weighted by atomic mass is 9.60. The Bertz CT molecular complexity index is 772. The average Bonchev–Trinajstić information content (AvgIpc) is 3.12. The summed E-state index contributed by atoms with van der Waals surface area (Å²) in [5, 5.41) is 86.1. The minimum Gasteiger partial charge on any atom is -0.481 e. The maximum atomic E-state index is 11.0. The number of hydroxylamine groups is 2. The minimum absolute atomic E-state index is 0.0196. The van der Waals surface area contributed by atoms with E-state index in [0.29, 0.717) is 0 Å². The number of carboxylic acids is 3. The molecule has 0 aromatic carbocycles. The van der Waals surface area contributed by atoms with Crippen molar-refractivity contribution in [2.24, 2.45) is 52.9 Å². The van der Waals surface area contributed by atoms with E-state index in [9.17, 15) is 24.8 Å². The Morgan fingerprint density at radius 1 is 0.617 bits per heavy atom. The number of nitrogens with two attached hydrogens (primary N) is 2. The number of aliphatic hydroxyl groups is 2. The molecule has 2 saturated carbocycles. The number of hydrogen-bond donors (Lipinski definition) is 14. The highest BCUT2D eigenvalue weighted by atomic mass is 17.1. The fourth-order valence-electron chi connectivity index (χ4n) is 6.39. The predicted molar refractivity (Wildman–Crippen MR) is 165 cm³/mol. The number of carboxylic acid groups (broad SMARTS) is 3. The molecule has 16 N–H and O–H groups in total. The smallest absolute Gasteiger partial charge is 0.310 e. The molecule has 0 aromatic rings. The minimum atomic E-state index is -1.61. The Hall–Kier alpha value is -2.15. The molecule has 2 fully saturated rings. The van der Waals surface area contributed by atoms with E-state index in [-0.39, 0.29) is 48.6 Å². The van der Waals surface area contributed by atoms with Gasteiger partial charge in [-0.2, -0.15) is 0 Å². The van der Waals surface area contributed by atoms with Crippen molar-refractivity contribution in [1.82, 2.24) is 11.0 Å². The van der Waals surface area contributed by atoms with E-state index in [4.69, 9.17) is 41.3 Å². The van der Waals surface area contributed by atoms with E-state index >= 15 is 0 Å². The SMILES string of the molecule is CC(NO)C1CCC(C(C)OO)C(C(C)NO)C1C(C)OO.CN.CN.CO.CO.O=C(O)C1CCC(OO)C(C(=O)O)C1C(=O)O. The third-order valence-corrected chi connectivity index (χ3v) is 8.38. The van der Waals surface area contributed by atoms with Crippen molar-refractivity contribution >= 4 is 17.9 Å². The monoisotopic (exact) mass is 696 g/mol. The van der Waals surface area contributed by atoms with Gasteiger partial charge in [0.15, 0.2) is 0 Å². The Morgan fingerprint density at radius 2 is 1.04 bits per heavy atom. The first-order valence-corrected chi connectivity index (χ1v) is 14.8. The van der Waals surface area contributed by atoms with Gasteiger partial charge >= 0.3 is 17.9 Å². The van der Waals surface area contributed by atoms with Crippen LogP contribution in [0.3, 0.4) is 0 Å². The average molecular weight is 697 g/mol. The largest absolute Gasteiger partial charge is 0.481 e. The molecule has 2 aliphatic carbocycles. The van der Waals surface area contributed by atoms with Gasteiger partial charge in [0.05, 0.1) is 24.0 Å². The lowest BCUT2D eigenvalue weighted by Crippen LogP contribution is -2.55. The zero-order valence-electron chi connectivity index (χ0n) is 28.3. The highest BCUT2D eigenvalue weighted by molar-refractivity contribution is 5.86. The van der Waals surface area contributed by atoms with Crippen molar-refractivity contribution in [2.75, 3.05) is 28.3 Å². The lowest BCUT2D eigenvalue weighted by molar-refractivity contribution is -0.313. The van der Waals surface area contributed by atoms with Crippen molar-refractivity contribution in [3.8, 4) is 0 Å². The van der Waals surface area contributed by atoms with Gasteiger partial charge in [-0.05, 0) is 91.1 Å². The summed E-state index contributed by atoms with van der Waals surface area (Å²) in [5.74, 6) is -9.12. The van der Waals surface area contributed by atoms with E-state index in [1.165, 1.54) is 14.1 Å². The van der Waals surface area contributed by atoms with Gasteiger partial charge in [0.1, 0.15) is 12.0 Å². The highest BCUT2D eigenvalue weighted by Crippen LogP contribution is 2.46. The third kappa shape index (κ3) is 15.7. The number of nitrogens with one attached hydrogen (secondary N) is 2. The van der Waals surface area contributed by atoms with Crippen LogP contribution in [-0.2, 0) is 29.0 Å². The van der Waals surface area contributed by atoms with E-state index in [1.54, 1.807) is 13.8 Å². The van der Waals surface area contributed by atoms with E-state index in [2.05, 4.69) is 37.1 Å². The van der Waals surface area contributed by atoms with Gasteiger partial charge in [-0.15, -0.1) is 0 Å². The molecule has 20 nitrogen and oxygen atoms in total. The van der Waals surface area contributed by atoms with Crippen molar-refractivity contribution in [3.63, 3.8) is 0 Å². The molecule has 0 heterocycles. The molecule has 284 valence electrons. The molecule has 0 aromatic heterocycles. The van der Waals surface area contributed by atoms with Crippen LogP contribution in [0.5, 0.6) is 0 Å². The normalized spacial score (nSPS) is 28.8. The maximum absolute atomic E-state index is 11.0. The Morgan fingerprint density at radius 3 is 1.38 bits per heavy atom. The molecule has 0 saturated heterocycles. The molecule has 47 heavy (non-hydrogen) atoms. The van der Waals surface area contributed by atoms with Crippen molar-refractivity contribution in [3.05, 3.63) is 0 Å². The highest BCUT2D eigenvalue weighted by Gasteiger charge is 2.51. The van der Waals surface area contributed by atoms with E-state index in [0.717, 1.165) is 27.1 Å². The maximum Gasteiger partial charge on any atom is 0.310 e. The van der Waals surface area contributed by atoms with Crippen LogP contribution in [0.4, 0.5) is 0 Å². The van der Waals surface area contributed by atoms with Crippen LogP contribution in [0, 0.1) is 41.4 Å². The Balaban J connectivity index is -0.000000330. The first-order chi connectivity index (χ1) is 22.3. The fraction of sp³-hybridized carbons (Fsp3) is 0.889. The quantitative estimate of drug-likeness (QED) is 0.0930. The van der Waals surface area contributed by atoms with Crippen molar-refractivity contribution in [2.45, 2.75) is 83.8 Å². The van der Waals surface area contributed by atoms with Crippen LogP contribution in [0.2, 0.25) is 0 Å². The first kappa shape index (κ1) is 51.7. The second kappa shape index (κ2) is 29.9. The molecule has 12 unspecified atom stereocenters. The Labute approximate surface area is 274 Å². The van der Waals surface area contributed by atoms with Crippen LogP contribution in [0.15, 0.2) is 0 Å². The van der Waals surface area contributed by atoms with Gasteiger partial charge in [0, 0.05) is 26.3 Å². The summed E-state index contributed by atoms with van der Waals surface area (Å²) in [6.45, 7) is 7.23. The summed E-state index contributed by atoms with van der Waals surface area (Å²) in [7, 11) is 5.00. The molecule has 20 heteroatoms. The lowest BCUT2D eigenvalue weighted by Gasteiger charge is -2.49. The fourth-order valence-corrected chi connectivity index (χ4v) is 6.39. The third-order valence-electron chi connectivity index (χ3n) is 8.38. The molecule has 12 atom stereocenters. The number of hydrogen-bond acceptors (Lipinski definition) is 17. The Kier molecular flexibility index (Phi) is 32.9. The van der Waals surface area contributed by atoms with Crippen LogP contribution in [-0.4, -0.2) is 128 Å². The number of aliphatic hydroxyl groups excluding tert-OH is 2. The summed E-state index contributed by atoms with van der Waals surface area (Å²) in [5.41, 5.74) is 13.6. The number of rotatable bonds is 12. The van der Waals surface area contributed by atoms with E-state index in [1.807, 2.05) is 13.8 Å². The van der Waals surface area contributed by atoms with Crippen LogP contribution in [0.1, 0.15) is 53.4 Å². The summed E-state index contributed by atoms with van der Waals surface area (Å²) in [6, 6.07) is -0.485. The predicted octanol–water partition coefficient (Wildman–Crippen LogP) is -0.157. The second-order valence-electron chi connectivity index (χ2n) is 10.4. The standard InChI is InChI=1S/C14H30N2O6.C9H12O8.2CH5N.2CH4O/c1-7(15-17)11-5-6-12(9(3)21-19)13(8(2)16-18)14(11)10(4)22-20;10-7(11)3-1-2-4(17-16)6(9(14)15)5(3)8(12)13;4*1-2/h7-20H,5-6H2,1-4H3;3-6,16H,1-2H2,(H,10,11)(H,12,13)(H,14,15);2*2H2,1H3;2*2H,1H3. The molecule has 0 spiro atoms. The molecule has 2 rings (SSSR count). The molecule has 0 radical (unpaired) electrons. The molecular weight excluding hydrogens is 636 g/mol. The molecule has 0 bridgehead atoms. The molecule has 0 aliphatic heterocycles. The summed E-state index contributed by atoms with van der Waals surface area (Å²) in [6.07, 6.45) is -0.633. The van der Waals surface area contributed by atoms with Crippen molar-refractivity contribution in [1.29, 1.82) is 0 Å². The van der Waals surface area contributed by atoms with Gasteiger partial charge in [-0.25, -0.2) is 25.6 Å². The van der Waals surface area contributed by atoms with Crippen LogP contribution >= 0.6 is 0 Å². The van der Waals surface area contributed by atoms with Gasteiger partial charge in [-0.3, -0.25) is 30.2 Å². The summed E-state index contributed by atoms with van der Waals surface area (Å²) >= 11 is 0. The summed E-state index contributed by atoms with van der Waals surface area (Å²) < 4.78 is 0. The van der Waals surface area contributed by atoms with Gasteiger partial charge in [0.2, 0.25) is 0 Å². The van der Waals surface area contributed by atoms with Crippen molar-refractivity contribution < 1.29 is 80.8 Å². The van der Waals surface area contributed by atoms with E-state index < -0.39 is 54.0 Å². The van der Waals surface area contributed by atoms with Crippen LogP contribution < -0.4 is 22.4 Å². The van der Waals surface area contributed by atoms with Gasteiger partial charge < -0.3 is 47.4 Å². The first-order valence-electron chi connectivity index (χ1n) is 14.8. The number of aliphatic carboxylic acids is 3. The summed E-state index contributed by atoms with van der Waals surface area (Å²) in [4.78, 5) is 45.8. The molecule has 2 aliphatic rings.